The predicted octanol–water partition coefficient (Wildman–Crippen LogP) is 0.941. The number of aromatic nitrogens is 4. The standard InChI is InChI=1S/C10H11N5OS/c1-15-6-5-13-10(15)17-7-8(16)14-9-11-3-2-4-12-9/h2-6H,7H2,1H3,(H,11,12,14,16). The van der Waals surface area contributed by atoms with Gasteiger partial charge in [0.25, 0.3) is 0 Å². The molecule has 17 heavy (non-hydrogen) atoms. The third kappa shape index (κ3) is 3.28. The van der Waals surface area contributed by atoms with Crippen LogP contribution in [0.3, 0.4) is 0 Å². The Morgan fingerprint density at radius 1 is 1.35 bits per heavy atom. The molecule has 1 N–H and O–H groups in total. The Morgan fingerprint density at radius 2 is 2.12 bits per heavy atom. The van der Waals surface area contributed by atoms with E-state index in [0.29, 0.717) is 5.95 Å². The highest BCUT2D eigenvalue weighted by molar-refractivity contribution is 7.99. The molecular weight excluding hydrogens is 238 g/mol. The molecule has 0 radical (unpaired) electrons. The van der Waals surface area contributed by atoms with Crippen LogP contribution in [0.5, 0.6) is 0 Å². The Morgan fingerprint density at radius 3 is 2.76 bits per heavy atom. The van der Waals surface area contributed by atoms with Gasteiger partial charge in [0.05, 0.1) is 5.75 Å². The van der Waals surface area contributed by atoms with Gasteiger partial charge in [-0.25, -0.2) is 15.0 Å². The second-order valence-corrected chi connectivity index (χ2v) is 4.17. The molecule has 0 aliphatic rings. The Hall–Kier alpha value is -1.89. The van der Waals surface area contributed by atoms with Gasteiger partial charge in [-0.15, -0.1) is 0 Å². The normalized spacial score (nSPS) is 10.2. The number of nitrogens with one attached hydrogen (secondary N) is 1. The predicted molar refractivity (Wildman–Crippen MR) is 64.6 cm³/mol. The number of hydrogen-bond donors (Lipinski definition) is 1. The van der Waals surface area contributed by atoms with E-state index in [1.54, 1.807) is 24.7 Å². The highest BCUT2D eigenvalue weighted by Crippen LogP contribution is 2.14. The van der Waals surface area contributed by atoms with Gasteiger partial charge >= 0.3 is 0 Å². The fraction of sp³-hybridized carbons (Fsp3) is 0.200. The lowest BCUT2D eigenvalue weighted by atomic mass is 10.6. The quantitative estimate of drug-likeness (QED) is 0.816. The van der Waals surface area contributed by atoms with Gasteiger partial charge in [0.1, 0.15) is 0 Å². The number of imidazole rings is 1. The molecule has 0 bridgehead atoms. The van der Waals surface area contributed by atoms with Crippen LogP contribution >= 0.6 is 11.8 Å². The van der Waals surface area contributed by atoms with Crippen molar-refractivity contribution >= 4 is 23.6 Å². The average molecular weight is 249 g/mol. The largest absolute Gasteiger partial charge is 0.329 e. The zero-order valence-corrected chi connectivity index (χ0v) is 10.0. The summed E-state index contributed by atoms with van der Waals surface area (Å²) in [5, 5.41) is 3.40. The Balaban J connectivity index is 1.84. The molecular formula is C10H11N5OS. The summed E-state index contributed by atoms with van der Waals surface area (Å²) >= 11 is 1.37. The Bertz CT molecular complexity index is 498. The first kappa shape index (κ1) is 11.6. The van der Waals surface area contributed by atoms with Crippen molar-refractivity contribution in [2.45, 2.75) is 5.16 Å². The number of aryl methyl sites for hydroxylation is 1. The summed E-state index contributed by atoms with van der Waals surface area (Å²) in [6, 6.07) is 1.69. The number of carbonyl (C=O) groups is 1. The van der Waals surface area contributed by atoms with Crippen LogP contribution in [0.1, 0.15) is 0 Å². The molecule has 0 atom stereocenters. The smallest absolute Gasteiger partial charge is 0.237 e. The topological polar surface area (TPSA) is 72.7 Å². The van der Waals surface area contributed by atoms with Crippen LogP contribution in [0.15, 0.2) is 36.0 Å². The van der Waals surface area contributed by atoms with Gasteiger partial charge in [-0.1, -0.05) is 11.8 Å². The van der Waals surface area contributed by atoms with E-state index < -0.39 is 0 Å². The third-order valence-corrected chi connectivity index (χ3v) is 2.98. The first-order valence-electron chi connectivity index (χ1n) is 4.92. The van der Waals surface area contributed by atoms with Crippen LogP contribution in [-0.2, 0) is 11.8 Å². The van der Waals surface area contributed by atoms with E-state index in [0.717, 1.165) is 5.16 Å². The molecule has 2 heterocycles. The molecule has 0 fully saturated rings. The molecule has 88 valence electrons. The van der Waals surface area contributed by atoms with E-state index in [1.165, 1.54) is 11.8 Å². The van der Waals surface area contributed by atoms with Gasteiger partial charge in [0, 0.05) is 31.8 Å². The lowest BCUT2D eigenvalue weighted by Gasteiger charge is -2.02. The van der Waals surface area contributed by atoms with Gasteiger partial charge < -0.3 is 4.57 Å². The number of rotatable bonds is 4. The Kier molecular flexibility index (Phi) is 3.71. The van der Waals surface area contributed by atoms with Gasteiger partial charge in [-0.2, -0.15) is 0 Å². The second-order valence-electron chi connectivity index (χ2n) is 3.23. The Labute approximate surface area is 102 Å². The average Bonchev–Trinajstić information content (AvgIpc) is 2.74. The zero-order valence-electron chi connectivity index (χ0n) is 9.20. The molecule has 0 aliphatic carbocycles. The monoisotopic (exact) mass is 249 g/mol. The number of nitrogens with zero attached hydrogens (tertiary/aromatic N) is 4. The van der Waals surface area contributed by atoms with Crippen LogP contribution in [-0.4, -0.2) is 31.2 Å². The van der Waals surface area contributed by atoms with Crippen molar-refractivity contribution < 1.29 is 4.79 Å². The molecule has 1 amide bonds. The maximum atomic E-state index is 11.6. The van der Waals surface area contributed by atoms with Crippen LogP contribution < -0.4 is 5.32 Å². The minimum atomic E-state index is -0.149. The molecule has 7 heteroatoms. The van der Waals surface area contributed by atoms with Crippen LogP contribution in [0.2, 0.25) is 0 Å². The van der Waals surface area contributed by atoms with Crippen molar-refractivity contribution in [2.24, 2.45) is 7.05 Å². The lowest BCUT2D eigenvalue weighted by Crippen LogP contribution is -2.16. The van der Waals surface area contributed by atoms with Crippen LogP contribution in [0.25, 0.3) is 0 Å². The summed E-state index contributed by atoms with van der Waals surface area (Å²) in [6.07, 6.45) is 6.68. The molecule has 0 aromatic carbocycles. The molecule has 0 saturated heterocycles. The number of amides is 1. The summed E-state index contributed by atoms with van der Waals surface area (Å²) in [7, 11) is 1.88. The number of anilines is 1. The van der Waals surface area contributed by atoms with E-state index in [1.807, 2.05) is 17.8 Å². The molecule has 6 nitrogen and oxygen atoms in total. The van der Waals surface area contributed by atoms with Crippen molar-refractivity contribution in [2.75, 3.05) is 11.1 Å². The van der Waals surface area contributed by atoms with Gasteiger partial charge in [-0.3, -0.25) is 10.1 Å². The molecule has 0 unspecified atom stereocenters. The summed E-state index contributed by atoms with van der Waals surface area (Å²) in [4.78, 5) is 23.5. The van der Waals surface area contributed by atoms with Gasteiger partial charge in [0.2, 0.25) is 11.9 Å². The van der Waals surface area contributed by atoms with E-state index >= 15 is 0 Å². The van der Waals surface area contributed by atoms with Gasteiger partial charge in [0.15, 0.2) is 5.16 Å². The summed E-state index contributed by atoms with van der Waals surface area (Å²) in [6.45, 7) is 0. The van der Waals surface area contributed by atoms with Crippen molar-refractivity contribution in [1.82, 2.24) is 19.5 Å². The molecule has 2 rings (SSSR count). The van der Waals surface area contributed by atoms with Crippen molar-refractivity contribution in [3.05, 3.63) is 30.9 Å². The van der Waals surface area contributed by atoms with E-state index in [9.17, 15) is 4.79 Å². The van der Waals surface area contributed by atoms with Crippen molar-refractivity contribution in [3.8, 4) is 0 Å². The molecule has 2 aromatic rings. The number of hydrogen-bond acceptors (Lipinski definition) is 5. The second kappa shape index (κ2) is 5.44. The minimum absolute atomic E-state index is 0.149. The fourth-order valence-electron chi connectivity index (χ4n) is 1.15. The zero-order chi connectivity index (χ0) is 12.1. The maximum Gasteiger partial charge on any atom is 0.237 e. The lowest BCUT2D eigenvalue weighted by molar-refractivity contribution is -0.113. The molecule has 0 aliphatic heterocycles. The molecule has 2 aromatic heterocycles. The summed E-state index contributed by atoms with van der Waals surface area (Å²) in [5.74, 6) is 0.450. The number of carbonyl (C=O) groups excluding carboxylic acids is 1. The minimum Gasteiger partial charge on any atom is -0.329 e. The summed E-state index contributed by atoms with van der Waals surface area (Å²) < 4.78 is 1.86. The van der Waals surface area contributed by atoms with Crippen LogP contribution in [0.4, 0.5) is 5.95 Å². The molecule has 0 spiro atoms. The molecule has 0 saturated carbocycles. The first-order chi connectivity index (χ1) is 8.25. The van der Waals surface area contributed by atoms with Gasteiger partial charge in [-0.05, 0) is 6.07 Å². The fourth-order valence-corrected chi connectivity index (χ4v) is 1.88. The van der Waals surface area contributed by atoms with Crippen molar-refractivity contribution in [3.63, 3.8) is 0 Å². The highest BCUT2D eigenvalue weighted by Gasteiger charge is 2.07. The van der Waals surface area contributed by atoms with E-state index in [4.69, 9.17) is 0 Å². The van der Waals surface area contributed by atoms with E-state index in [2.05, 4.69) is 20.3 Å². The maximum absolute atomic E-state index is 11.6. The van der Waals surface area contributed by atoms with E-state index in [-0.39, 0.29) is 11.7 Å². The third-order valence-electron chi connectivity index (χ3n) is 1.93. The number of thioether (sulfide) groups is 1. The summed E-state index contributed by atoms with van der Waals surface area (Å²) in [5.41, 5.74) is 0. The van der Waals surface area contributed by atoms with Crippen molar-refractivity contribution in [1.29, 1.82) is 0 Å². The SMILES string of the molecule is Cn1ccnc1SCC(=O)Nc1ncccn1. The first-order valence-corrected chi connectivity index (χ1v) is 5.91. The highest BCUT2D eigenvalue weighted by atomic mass is 32.2. The van der Waals surface area contributed by atoms with Crippen LogP contribution in [0, 0.1) is 0 Å².